The minimum Gasteiger partial charge on any atom is -0.477 e. The Hall–Kier alpha value is -2.10. The van der Waals surface area contributed by atoms with Crippen LogP contribution in [0.1, 0.15) is 24.3 Å². The predicted molar refractivity (Wildman–Crippen MR) is 72.0 cm³/mol. The number of hydrogen-bond donors (Lipinski definition) is 2. The molecular weight excluding hydrogens is 228 g/mol. The fourth-order valence-corrected chi connectivity index (χ4v) is 1.74. The highest BCUT2D eigenvalue weighted by atomic mass is 16.4. The average Bonchev–Trinajstić information content (AvgIpc) is 2.35. The zero-order valence-electron chi connectivity index (χ0n) is 10.5. The normalized spacial score (nSPS) is 10.8. The largest absolute Gasteiger partial charge is 0.477 e. The third-order valence-electron chi connectivity index (χ3n) is 2.64. The van der Waals surface area contributed by atoms with Crippen LogP contribution in [0, 0.1) is 5.92 Å². The number of anilines is 1. The first-order valence-corrected chi connectivity index (χ1v) is 5.95. The zero-order valence-corrected chi connectivity index (χ0v) is 10.5. The molecule has 0 aliphatic carbocycles. The van der Waals surface area contributed by atoms with E-state index in [0.29, 0.717) is 11.7 Å². The van der Waals surface area contributed by atoms with Crippen LogP contribution < -0.4 is 5.32 Å². The van der Waals surface area contributed by atoms with Crippen LogP contribution in [0.15, 0.2) is 30.3 Å². The summed E-state index contributed by atoms with van der Waals surface area (Å²) in [6, 6.07) is 9.24. The van der Waals surface area contributed by atoms with Crippen LogP contribution in [-0.4, -0.2) is 22.6 Å². The van der Waals surface area contributed by atoms with Crippen molar-refractivity contribution in [1.29, 1.82) is 0 Å². The summed E-state index contributed by atoms with van der Waals surface area (Å²) in [6.07, 6.45) is 0. The molecule has 0 saturated heterocycles. The second-order valence-electron chi connectivity index (χ2n) is 4.66. The monoisotopic (exact) mass is 244 g/mol. The third kappa shape index (κ3) is 2.59. The van der Waals surface area contributed by atoms with E-state index in [1.54, 1.807) is 6.07 Å². The van der Waals surface area contributed by atoms with Crippen LogP contribution in [0.4, 0.5) is 5.82 Å². The molecule has 1 heterocycles. The Morgan fingerprint density at radius 1 is 1.39 bits per heavy atom. The van der Waals surface area contributed by atoms with Crippen molar-refractivity contribution >= 4 is 22.6 Å². The fraction of sp³-hybridized carbons (Fsp3) is 0.286. The number of nitrogens with zero attached hydrogens (tertiary/aromatic N) is 1. The number of nitrogens with one attached hydrogen (secondary N) is 1. The Kier molecular flexibility index (Phi) is 3.46. The van der Waals surface area contributed by atoms with Gasteiger partial charge in [-0.2, -0.15) is 0 Å². The Morgan fingerprint density at radius 3 is 2.78 bits per heavy atom. The van der Waals surface area contributed by atoms with Crippen molar-refractivity contribution in [2.75, 3.05) is 11.9 Å². The van der Waals surface area contributed by atoms with E-state index in [9.17, 15) is 4.79 Å². The lowest BCUT2D eigenvalue weighted by Crippen LogP contribution is -2.11. The van der Waals surface area contributed by atoms with E-state index in [0.717, 1.165) is 17.3 Å². The van der Waals surface area contributed by atoms with Gasteiger partial charge in [0, 0.05) is 11.9 Å². The van der Waals surface area contributed by atoms with Crippen molar-refractivity contribution in [2.45, 2.75) is 13.8 Å². The molecule has 18 heavy (non-hydrogen) atoms. The molecule has 2 aromatic rings. The summed E-state index contributed by atoms with van der Waals surface area (Å²) in [5.41, 5.74) is 0.0694. The highest BCUT2D eigenvalue weighted by Crippen LogP contribution is 2.22. The van der Waals surface area contributed by atoms with Crippen molar-refractivity contribution in [1.82, 2.24) is 4.98 Å². The number of carboxylic acids is 1. The topological polar surface area (TPSA) is 62.2 Å². The summed E-state index contributed by atoms with van der Waals surface area (Å²) in [6.45, 7) is 4.95. The van der Waals surface area contributed by atoms with Gasteiger partial charge in [0.25, 0.3) is 0 Å². The summed E-state index contributed by atoms with van der Waals surface area (Å²) >= 11 is 0. The zero-order chi connectivity index (χ0) is 13.1. The van der Waals surface area contributed by atoms with Crippen molar-refractivity contribution in [3.05, 3.63) is 36.0 Å². The van der Waals surface area contributed by atoms with Crippen LogP contribution in [0.2, 0.25) is 0 Å². The molecule has 0 unspecified atom stereocenters. The van der Waals surface area contributed by atoms with E-state index in [1.165, 1.54) is 0 Å². The number of rotatable bonds is 4. The van der Waals surface area contributed by atoms with Gasteiger partial charge in [-0.05, 0) is 17.4 Å². The summed E-state index contributed by atoms with van der Waals surface area (Å²) in [7, 11) is 0. The van der Waals surface area contributed by atoms with Crippen molar-refractivity contribution < 1.29 is 9.90 Å². The molecule has 4 heteroatoms. The summed E-state index contributed by atoms with van der Waals surface area (Å²) in [5.74, 6) is 0.103. The van der Waals surface area contributed by atoms with Gasteiger partial charge in [0.1, 0.15) is 5.82 Å². The molecule has 0 bridgehead atoms. The number of aromatic carboxylic acids is 1. The predicted octanol–water partition coefficient (Wildman–Crippen LogP) is 3.00. The minimum absolute atomic E-state index is 0.0694. The maximum absolute atomic E-state index is 11.0. The molecule has 2 N–H and O–H groups in total. The van der Waals surface area contributed by atoms with Gasteiger partial charge in [-0.3, -0.25) is 0 Å². The Bertz CT molecular complexity index is 579. The first-order chi connectivity index (χ1) is 8.58. The molecule has 2 rings (SSSR count). The molecule has 0 radical (unpaired) electrons. The minimum atomic E-state index is -1.01. The van der Waals surface area contributed by atoms with Crippen LogP contribution in [0.25, 0.3) is 10.8 Å². The molecule has 94 valence electrons. The van der Waals surface area contributed by atoms with Gasteiger partial charge >= 0.3 is 5.97 Å². The molecule has 0 atom stereocenters. The Morgan fingerprint density at radius 2 is 2.11 bits per heavy atom. The first-order valence-electron chi connectivity index (χ1n) is 5.95. The number of aromatic nitrogens is 1. The lowest BCUT2D eigenvalue weighted by Gasteiger charge is -2.11. The molecule has 0 amide bonds. The molecule has 0 spiro atoms. The summed E-state index contributed by atoms with van der Waals surface area (Å²) in [4.78, 5) is 15.2. The Balaban J connectivity index is 2.50. The average molecular weight is 244 g/mol. The van der Waals surface area contributed by atoms with Gasteiger partial charge in [0.15, 0.2) is 5.69 Å². The molecule has 0 fully saturated rings. The number of benzene rings is 1. The number of carboxylic acid groups (broad SMARTS) is 1. The van der Waals surface area contributed by atoms with Crippen LogP contribution >= 0.6 is 0 Å². The molecule has 1 aromatic heterocycles. The number of hydrogen-bond acceptors (Lipinski definition) is 3. The molecule has 4 nitrogen and oxygen atoms in total. The first kappa shape index (κ1) is 12.4. The van der Waals surface area contributed by atoms with Crippen LogP contribution in [0.5, 0.6) is 0 Å². The van der Waals surface area contributed by atoms with E-state index in [4.69, 9.17) is 5.11 Å². The van der Waals surface area contributed by atoms with E-state index in [2.05, 4.69) is 24.1 Å². The van der Waals surface area contributed by atoms with E-state index < -0.39 is 5.97 Å². The van der Waals surface area contributed by atoms with Crippen molar-refractivity contribution in [3.63, 3.8) is 0 Å². The van der Waals surface area contributed by atoms with E-state index in [1.807, 2.05) is 24.3 Å². The van der Waals surface area contributed by atoms with E-state index >= 15 is 0 Å². The SMILES string of the molecule is CC(C)CNc1nc(C(=O)O)cc2ccccc12. The molecule has 0 aliphatic rings. The number of fused-ring (bicyclic) bond motifs is 1. The van der Waals surface area contributed by atoms with Gasteiger partial charge in [0.05, 0.1) is 0 Å². The molecule has 1 aromatic carbocycles. The van der Waals surface area contributed by atoms with E-state index in [-0.39, 0.29) is 5.69 Å². The fourth-order valence-electron chi connectivity index (χ4n) is 1.74. The van der Waals surface area contributed by atoms with Gasteiger partial charge < -0.3 is 10.4 Å². The lowest BCUT2D eigenvalue weighted by molar-refractivity contribution is 0.0691. The van der Waals surface area contributed by atoms with Crippen molar-refractivity contribution in [3.8, 4) is 0 Å². The smallest absolute Gasteiger partial charge is 0.354 e. The van der Waals surface area contributed by atoms with Gasteiger partial charge in [0.2, 0.25) is 0 Å². The maximum atomic E-state index is 11.0. The quantitative estimate of drug-likeness (QED) is 0.867. The highest BCUT2D eigenvalue weighted by molar-refractivity contribution is 5.97. The number of carbonyl (C=O) groups is 1. The summed E-state index contributed by atoms with van der Waals surface area (Å²) < 4.78 is 0. The number of pyridine rings is 1. The molecule has 0 aliphatic heterocycles. The highest BCUT2D eigenvalue weighted by Gasteiger charge is 2.10. The van der Waals surface area contributed by atoms with Crippen LogP contribution in [-0.2, 0) is 0 Å². The van der Waals surface area contributed by atoms with Gasteiger partial charge in [-0.15, -0.1) is 0 Å². The second kappa shape index (κ2) is 5.04. The van der Waals surface area contributed by atoms with Gasteiger partial charge in [-0.1, -0.05) is 38.1 Å². The van der Waals surface area contributed by atoms with Gasteiger partial charge in [-0.25, -0.2) is 9.78 Å². The summed E-state index contributed by atoms with van der Waals surface area (Å²) in [5, 5.41) is 14.1. The maximum Gasteiger partial charge on any atom is 0.354 e. The third-order valence-corrected chi connectivity index (χ3v) is 2.64. The van der Waals surface area contributed by atoms with Crippen molar-refractivity contribution in [2.24, 2.45) is 5.92 Å². The van der Waals surface area contributed by atoms with Crippen LogP contribution in [0.3, 0.4) is 0 Å². The standard InChI is InChI=1S/C14H16N2O2/c1-9(2)8-15-13-11-6-4-3-5-10(11)7-12(16-13)14(17)18/h3-7,9H,8H2,1-2H3,(H,15,16)(H,17,18). The molecule has 0 saturated carbocycles. The Labute approximate surface area is 106 Å². The second-order valence-corrected chi connectivity index (χ2v) is 4.66. The lowest BCUT2D eigenvalue weighted by atomic mass is 10.1. The molecular formula is C14H16N2O2.